The lowest BCUT2D eigenvalue weighted by Crippen LogP contribution is -2.47. The van der Waals surface area contributed by atoms with Crippen LogP contribution in [-0.2, 0) is 16.0 Å². The Morgan fingerprint density at radius 1 is 1.06 bits per heavy atom. The minimum Gasteiger partial charge on any atom is -0.385 e. The van der Waals surface area contributed by atoms with Crippen LogP contribution in [0.25, 0.3) is 0 Å². The van der Waals surface area contributed by atoms with Gasteiger partial charge in [-0.15, -0.1) is 11.3 Å². The van der Waals surface area contributed by atoms with Gasteiger partial charge in [-0.2, -0.15) is 0 Å². The van der Waals surface area contributed by atoms with Crippen LogP contribution in [0.3, 0.4) is 0 Å². The predicted octanol–water partition coefficient (Wildman–Crippen LogP) is 4.71. The number of amides is 2. The summed E-state index contributed by atoms with van der Waals surface area (Å²) < 4.78 is 5.19. The van der Waals surface area contributed by atoms with Crippen LogP contribution in [0, 0.1) is 6.92 Å². The molecule has 3 aromatic rings. The molecule has 4 rings (SSSR count). The summed E-state index contributed by atoms with van der Waals surface area (Å²) in [6.45, 7) is 3.81. The van der Waals surface area contributed by atoms with Crippen molar-refractivity contribution in [1.82, 2.24) is 9.80 Å². The summed E-state index contributed by atoms with van der Waals surface area (Å²) in [5, 5.41) is 2.11. The lowest BCUT2D eigenvalue weighted by Gasteiger charge is -2.38. The molecule has 0 saturated heterocycles. The first-order chi connectivity index (χ1) is 16.1. The predicted molar refractivity (Wildman–Crippen MR) is 132 cm³/mol. The van der Waals surface area contributed by atoms with E-state index in [4.69, 9.17) is 4.74 Å². The number of thiophene rings is 1. The molecule has 1 aliphatic rings. The van der Waals surface area contributed by atoms with Gasteiger partial charge in [0, 0.05) is 37.2 Å². The maximum Gasteiger partial charge on any atom is 0.254 e. The minimum atomic E-state index is -0.124. The maximum atomic E-state index is 13.7. The topological polar surface area (TPSA) is 49.9 Å². The van der Waals surface area contributed by atoms with Gasteiger partial charge in [0.05, 0.1) is 6.04 Å². The number of carbonyl (C=O) groups excluding carboxylic acids is 2. The van der Waals surface area contributed by atoms with Gasteiger partial charge < -0.3 is 14.5 Å². The molecule has 1 atom stereocenters. The molecule has 5 nitrogen and oxygen atoms in total. The zero-order valence-electron chi connectivity index (χ0n) is 19.2. The van der Waals surface area contributed by atoms with E-state index in [9.17, 15) is 9.59 Å². The number of hydrogen-bond acceptors (Lipinski definition) is 4. The summed E-state index contributed by atoms with van der Waals surface area (Å²) in [7, 11) is 1.65. The molecule has 172 valence electrons. The molecule has 0 aliphatic carbocycles. The van der Waals surface area contributed by atoms with Gasteiger partial charge in [0.1, 0.15) is 6.54 Å². The van der Waals surface area contributed by atoms with Gasteiger partial charge in [-0.3, -0.25) is 9.59 Å². The second kappa shape index (κ2) is 10.8. The Morgan fingerprint density at radius 2 is 1.82 bits per heavy atom. The first-order valence-corrected chi connectivity index (χ1v) is 12.2. The Bertz CT molecular complexity index is 1100. The van der Waals surface area contributed by atoms with Crippen LogP contribution >= 0.6 is 11.3 Å². The van der Waals surface area contributed by atoms with E-state index < -0.39 is 0 Å². The third-order valence-corrected chi connectivity index (χ3v) is 7.18. The molecular weight excluding hydrogens is 432 g/mol. The highest BCUT2D eigenvalue weighted by Crippen LogP contribution is 2.39. The molecule has 0 fully saturated rings. The van der Waals surface area contributed by atoms with Crippen LogP contribution < -0.4 is 0 Å². The second-order valence-corrected chi connectivity index (χ2v) is 9.34. The second-order valence-electron chi connectivity index (χ2n) is 8.33. The van der Waals surface area contributed by atoms with E-state index in [0.717, 1.165) is 17.5 Å². The number of rotatable bonds is 8. The number of hydrogen-bond donors (Lipinski definition) is 0. The summed E-state index contributed by atoms with van der Waals surface area (Å²) in [5.41, 5.74) is 4.10. The van der Waals surface area contributed by atoms with Gasteiger partial charge in [0.15, 0.2) is 0 Å². The van der Waals surface area contributed by atoms with Crippen molar-refractivity contribution in [3.8, 4) is 0 Å². The number of ether oxygens (including phenoxy) is 1. The van der Waals surface area contributed by atoms with Crippen molar-refractivity contribution in [2.75, 3.05) is 33.4 Å². The van der Waals surface area contributed by atoms with Crippen molar-refractivity contribution in [3.63, 3.8) is 0 Å². The quantitative estimate of drug-likeness (QED) is 0.456. The van der Waals surface area contributed by atoms with E-state index in [1.165, 1.54) is 10.4 Å². The monoisotopic (exact) mass is 462 g/mol. The number of fused-ring (bicyclic) bond motifs is 1. The van der Waals surface area contributed by atoms with Gasteiger partial charge in [0.25, 0.3) is 5.91 Å². The number of benzene rings is 2. The molecule has 0 N–H and O–H groups in total. The van der Waals surface area contributed by atoms with Crippen molar-refractivity contribution >= 4 is 23.2 Å². The smallest absolute Gasteiger partial charge is 0.254 e. The molecule has 2 heterocycles. The van der Waals surface area contributed by atoms with Crippen LogP contribution in [0.5, 0.6) is 0 Å². The lowest BCUT2D eigenvalue weighted by molar-refractivity contribution is -0.134. The van der Waals surface area contributed by atoms with Crippen LogP contribution in [-0.4, -0.2) is 55.0 Å². The highest BCUT2D eigenvalue weighted by molar-refractivity contribution is 7.10. The SMILES string of the molecule is COCCCN(CC(=O)N1CCc2sccc2C1c1ccccc1C)C(=O)c1ccccc1. The lowest BCUT2D eigenvalue weighted by atomic mass is 9.90. The Morgan fingerprint density at radius 3 is 2.58 bits per heavy atom. The molecule has 2 amide bonds. The van der Waals surface area contributed by atoms with E-state index in [0.29, 0.717) is 31.7 Å². The highest BCUT2D eigenvalue weighted by Gasteiger charge is 2.34. The van der Waals surface area contributed by atoms with Crippen LogP contribution in [0.15, 0.2) is 66.0 Å². The van der Waals surface area contributed by atoms with E-state index in [1.54, 1.807) is 35.5 Å². The average molecular weight is 463 g/mol. The Balaban J connectivity index is 1.61. The van der Waals surface area contributed by atoms with Crippen LogP contribution in [0.2, 0.25) is 0 Å². The number of methoxy groups -OCH3 is 1. The summed E-state index contributed by atoms with van der Waals surface area (Å²) in [5.74, 6) is -0.150. The Labute approximate surface area is 199 Å². The Kier molecular flexibility index (Phi) is 7.57. The maximum absolute atomic E-state index is 13.7. The first-order valence-electron chi connectivity index (χ1n) is 11.3. The number of carbonyl (C=O) groups is 2. The van der Waals surface area contributed by atoms with Crippen molar-refractivity contribution < 1.29 is 14.3 Å². The molecule has 33 heavy (non-hydrogen) atoms. The molecular formula is C27H30N2O3S. The summed E-state index contributed by atoms with van der Waals surface area (Å²) in [6, 6.07) is 19.4. The van der Waals surface area contributed by atoms with Crippen molar-refractivity contribution in [2.24, 2.45) is 0 Å². The van der Waals surface area contributed by atoms with Gasteiger partial charge in [-0.25, -0.2) is 0 Å². The zero-order valence-corrected chi connectivity index (χ0v) is 20.0. The number of nitrogens with zero attached hydrogens (tertiary/aromatic N) is 2. The van der Waals surface area contributed by atoms with Crippen LogP contribution in [0.4, 0.5) is 0 Å². The van der Waals surface area contributed by atoms with E-state index in [2.05, 4.69) is 30.5 Å². The van der Waals surface area contributed by atoms with E-state index >= 15 is 0 Å². The van der Waals surface area contributed by atoms with Gasteiger partial charge in [-0.1, -0.05) is 42.5 Å². The largest absolute Gasteiger partial charge is 0.385 e. The zero-order chi connectivity index (χ0) is 23.2. The summed E-state index contributed by atoms with van der Waals surface area (Å²) in [6.07, 6.45) is 1.52. The average Bonchev–Trinajstić information content (AvgIpc) is 3.32. The highest BCUT2D eigenvalue weighted by atomic mass is 32.1. The standard InChI is InChI=1S/C27H30N2O3S/c1-20-9-6-7-12-22(20)26-23-14-18-33-24(23)13-16-29(26)25(30)19-28(15-8-17-32-2)27(31)21-10-4-3-5-11-21/h3-7,9-12,14,18,26H,8,13,15-17,19H2,1-2H3. The van der Waals surface area contributed by atoms with E-state index in [1.807, 2.05) is 35.2 Å². The molecule has 1 aromatic heterocycles. The van der Waals surface area contributed by atoms with Crippen LogP contribution in [0.1, 0.15) is 44.4 Å². The summed E-state index contributed by atoms with van der Waals surface area (Å²) in [4.78, 5) is 31.9. The fourth-order valence-corrected chi connectivity index (χ4v) is 5.39. The molecule has 6 heteroatoms. The summed E-state index contributed by atoms with van der Waals surface area (Å²) >= 11 is 1.76. The first kappa shape index (κ1) is 23.2. The van der Waals surface area contributed by atoms with Gasteiger partial charge in [0.2, 0.25) is 5.91 Å². The molecule has 0 bridgehead atoms. The third-order valence-electron chi connectivity index (χ3n) is 6.18. The number of aryl methyl sites for hydroxylation is 1. The molecule has 0 radical (unpaired) electrons. The Hall–Kier alpha value is -2.96. The third kappa shape index (κ3) is 5.18. The van der Waals surface area contributed by atoms with Gasteiger partial charge in [-0.05, 0) is 60.0 Å². The minimum absolute atomic E-state index is 0.0261. The molecule has 0 spiro atoms. The van der Waals surface area contributed by atoms with Crippen molar-refractivity contribution in [2.45, 2.75) is 25.8 Å². The van der Waals surface area contributed by atoms with Crippen molar-refractivity contribution in [1.29, 1.82) is 0 Å². The molecule has 0 saturated carbocycles. The molecule has 2 aromatic carbocycles. The molecule has 1 unspecified atom stereocenters. The fraction of sp³-hybridized carbons (Fsp3) is 0.333. The molecule has 1 aliphatic heterocycles. The normalized spacial score (nSPS) is 15.2. The van der Waals surface area contributed by atoms with E-state index in [-0.39, 0.29) is 24.4 Å². The van der Waals surface area contributed by atoms with Crippen molar-refractivity contribution in [3.05, 3.63) is 93.2 Å². The fourth-order valence-electron chi connectivity index (χ4n) is 4.48. The van der Waals surface area contributed by atoms with Gasteiger partial charge >= 0.3 is 0 Å².